The molecule has 0 spiro atoms. The molecule has 0 bridgehead atoms. The summed E-state index contributed by atoms with van der Waals surface area (Å²) in [4.78, 5) is 11.8. The summed E-state index contributed by atoms with van der Waals surface area (Å²) in [5.41, 5.74) is 0.892. The maximum absolute atomic E-state index is 11.8. The molecule has 4 nitrogen and oxygen atoms in total. The van der Waals surface area contributed by atoms with E-state index >= 15 is 0 Å². The van der Waals surface area contributed by atoms with Gasteiger partial charge in [-0.2, -0.15) is 0 Å². The van der Waals surface area contributed by atoms with E-state index in [1.165, 1.54) is 0 Å². The van der Waals surface area contributed by atoms with E-state index < -0.39 is 0 Å². The molecule has 0 aliphatic carbocycles. The van der Waals surface area contributed by atoms with Crippen molar-refractivity contribution < 1.29 is 14.3 Å². The molecule has 1 N–H and O–H groups in total. The van der Waals surface area contributed by atoms with Crippen molar-refractivity contribution in [2.45, 2.75) is 25.7 Å². The van der Waals surface area contributed by atoms with Crippen LogP contribution in [0.4, 0.5) is 0 Å². The summed E-state index contributed by atoms with van der Waals surface area (Å²) in [6, 6.07) is 5.48. The van der Waals surface area contributed by atoms with Crippen LogP contribution in [0.25, 0.3) is 0 Å². The fourth-order valence-electron chi connectivity index (χ4n) is 1.82. The van der Waals surface area contributed by atoms with Crippen LogP contribution in [0, 0.1) is 12.3 Å². The first-order valence-corrected chi connectivity index (χ1v) is 6.62. The van der Waals surface area contributed by atoms with E-state index in [0.29, 0.717) is 24.5 Å². The summed E-state index contributed by atoms with van der Waals surface area (Å²) in [6.45, 7) is 0.661. The standard InChI is InChI=1S/C16H21NO3/c1-4-5-6-7-10-17-16(18)12-13-8-9-14(19-2)15(11-13)20-3/h1,8-9,11H,5-7,10,12H2,2-3H3,(H,17,18). The Morgan fingerprint density at radius 3 is 2.65 bits per heavy atom. The molecule has 0 radical (unpaired) electrons. The van der Waals surface area contributed by atoms with Gasteiger partial charge in [0.1, 0.15) is 0 Å². The molecule has 1 amide bonds. The Labute approximate surface area is 120 Å². The van der Waals surface area contributed by atoms with Crippen molar-refractivity contribution in [3.05, 3.63) is 23.8 Å². The third-order valence-electron chi connectivity index (χ3n) is 2.88. The van der Waals surface area contributed by atoms with Gasteiger partial charge in [0.2, 0.25) is 5.91 Å². The van der Waals surface area contributed by atoms with Gasteiger partial charge in [-0.1, -0.05) is 6.07 Å². The molecule has 20 heavy (non-hydrogen) atoms. The van der Waals surface area contributed by atoms with E-state index in [2.05, 4.69) is 11.2 Å². The SMILES string of the molecule is C#CCCCCNC(=O)Cc1ccc(OC)c(OC)c1. The maximum Gasteiger partial charge on any atom is 0.224 e. The van der Waals surface area contributed by atoms with Crippen LogP contribution in [0.2, 0.25) is 0 Å². The van der Waals surface area contributed by atoms with Crippen LogP contribution in [0.3, 0.4) is 0 Å². The number of methoxy groups -OCH3 is 2. The molecule has 0 saturated carbocycles. The lowest BCUT2D eigenvalue weighted by molar-refractivity contribution is -0.120. The molecule has 0 fully saturated rings. The van der Waals surface area contributed by atoms with Crippen molar-refractivity contribution >= 4 is 5.91 Å². The number of amides is 1. The van der Waals surface area contributed by atoms with Gasteiger partial charge >= 0.3 is 0 Å². The monoisotopic (exact) mass is 275 g/mol. The van der Waals surface area contributed by atoms with Crippen molar-refractivity contribution in [2.75, 3.05) is 20.8 Å². The Bertz CT molecular complexity index is 477. The normalized spacial score (nSPS) is 9.65. The second-order valence-corrected chi connectivity index (χ2v) is 4.38. The van der Waals surface area contributed by atoms with E-state index in [4.69, 9.17) is 15.9 Å². The van der Waals surface area contributed by atoms with Crippen molar-refractivity contribution in [3.8, 4) is 23.8 Å². The predicted molar refractivity (Wildman–Crippen MR) is 78.9 cm³/mol. The Hall–Kier alpha value is -2.15. The average molecular weight is 275 g/mol. The van der Waals surface area contributed by atoms with Gasteiger partial charge in [0, 0.05) is 13.0 Å². The molecular formula is C16H21NO3. The number of carbonyl (C=O) groups is 1. The Morgan fingerprint density at radius 1 is 1.25 bits per heavy atom. The summed E-state index contributed by atoms with van der Waals surface area (Å²) in [5, 5.41) is 2.88. The smallest absolute Gasteiger partial charge is 0.224 e. The molecule has 1 aromatic rings. The molecule has 0 saturated heterocycles. The Balaban J connectivity index is 2.44. The highest BCUT2D eigenvalue weighted by atomic mass is 16.5. The van der Waals surface area contributed by atoms with E-state index in [-0.39, 0.29) is 5.91 Å². The van der Waals surface area contributed by atoms with Crippen LogP contribution in [-0.2, 0) is 11.2 Å². The van der Waals surface area contributed by atoms with Crippen molar-refractivity contribution in [2.24, 2.45) is 0 Å². The lowest BCUT2D eigenvalue weighted by atomic mass is 10.1. The number of benzene rings is 1. The van der Waals surface area contributed by atoms with Crippen molar-refractivity contribution in [1.29, 1.82) is 0 Å². The Morgan fingerprint density at radius 2 is 2.00 bits per heavy atom. The molecule has 4 heteroatoms. The van der Waals surface area contributed by atoms with Gasteiger partial charge in [-0.3, -0.25) is 4.79 Å². The van der Waals surface area contributed by atoms with Gasteiger partial charge in [-0.15, -0.1) is 12.3 Å². The zero-order valence-corrected chi connectivity index (χ0v) is 12.1. The molecule has 0 unspecified atom stereocenters. The molecule has 0 aromatic heterocycles. The quantitative estimate of drug-likeness (QED) is 0.584. The number of ether oxygens (including phenoxy) is 2. The van der Waals surface area contributed by atoms with E-state index in [9.17, 15) is 4.79 Å². The molecule has 0 aliphatic heterocycles. The zero-order valence-electron chi connectivity index (χ0n) is 12.1. The highest BCUT2D eigenvalue weighted by Gasteiger charge is 2.07. The van der Waals surface area contributed by atoms with Crippen LogP contribution in [-0.4, -0.2) is 26.7 Å². The first-order chi connectivity index (χ1) is 9.71. The molecule has 1 rings (SSSR count). The maximum atomic E-state index is 11.8. The molecule has 0 aliphatic rings. The Kier molecular flexibility index (Phi) is 7.05. The lowest BCUT2D eigenvalue weighted by Gasteiger charge is -2.09. The number of nitrogens with one attached hydrogen (secondary N) is 1. The minimum atomic E-state index is -0.00192. The topological polar surface area (TPSA) is 47.6 Å². The summed E-state index contributed by atoms with van der Waals surface area (Å²) < 4.78 is 10.4. The number of hydrogen-bond donors (Lipinski definition) is 1. The molecular weight excluding hydrogens is 254 g/mol. The minimum absolute atomic E-state index is 0.00192. The van der Waals surface area contributed by atoms with Gasteiger partial charge in [0.15, 0.2) is 11.5 Å². The highest BCUT2D eigenvalue weighted by molar-refractivity contribution is 5.78. The van der Waals surface area contributed by atoms with Crippen LogP contribution in [0.15, 0.2) is 18.2 Å². The third-order valence-corrected chi connectivity index (χ3v) is 2.88. The average Bonchev–Trinajstić information content (AvgIpc) is 2.46. The summed E-state index contributed by atoms with van der Waals surface area (Å²) in [7, 11) is 3.16. The predicted octanol–water partition coefficient (Wildman–Crippen LogP) is 2.17. The number of rotatable bonds is 8. The minimum Gasteiger partial charge on any atom is -0.493 e. The van der Waals surface area contributed by atoms with Gasteiger partial charge in [0.05, 0.1) is 20.6 Å². The second kappa shape index (κ2) is 8.87. The largest absolute Gasteiger partial charge is 0.493 e. The van der Waals surface area contributed by atoms with Crippen molar-refractivity contribution in [3.63, 3.8) is 0 Å². The number of terminal acetylenes is 1. The highest BCUT2D eigenvalue weighted by Crippen LogP contribution is 2.27. The molecule has 108 valence electrons. The summed E-state index contributed by atoms with van der Waals surface area (Å²) in [6.07, 6.45) is 8.09. The summed E-state index contributed by atoms with van der Waals surface area (Å²) >= 11 is 0. The van der Waals surface area contributed by atoms with Crippen LogP contribution < -0.4 is 14.8 Å². The number of carbonyl (C=O) groups excluding carboxylic acids is 1. The fourth-order valence-corrected chi connectivity index (χ4v) is 1.82. The molecule has 1 aromatic carbocycles. The first-order valence-electron chi connectivity index (χ1n) is 6.62. The zero-order chi connectivity index (χ0) is 14.8. The number of unbranched alkanes of at least 4 members (excludes halogenated alkanes) is 2. The van der Waals surface area contributed by atoms with E-state index in [0.717, 1.165) is 24.8 Å². The van der Waals surface area contributed by atoms with Gasteiger partial charge in [-0.25, -0.2) is 0 Å². The van der Waals surface area contributed by atoms with Crippen LogP contribution >= 0.6 is 0 Å². The van der Waals surface area contributed by atoms with E-state index in [1.54, 1.807) is 20.3 Å². The third kappa shape index (κ3) is 5.23. The summed E-state index contributed by atoms with van der Waals surface area (Å²) in [5.74, 6) is 3.87. The van der Waals surface area contributed by atoms with Gasteiger partial charge < -0.3 is 14.8 Å². The van der Waals surface area contributed by atoms with Crippen LogP contribution in [0.5, 0.6) is 11.5 Å². The van der Waals surface area contributed by atoms with Crippen molar-refractivity contribution in [1.82, 2.24) is 5.32 Å². The molecule has 0 atom stereocenters. The lowest BCUT2D eigenvalue weighted by Crippen LogP contribution is -2.26. The van der Waals surface area contributed by atoms with E-state index in [1.807, 2.05) is 12.1 Å². The van der Waals surface area contributed by atoms with Gasteiger partial charge in [0.25, 0.3) is 0 Å². The van der Waals surface area contributed by atoms with Crippen LogP contribution in [0.1, 0.15) is 24.8 Å². The second-order valence-electron chi connectivity index (χ2n) is 4.38. The number of hydrogen-bond acceptors (Lipinski definition) is 3. The van der Waals surface area contributed by atoms with Gasteiger partial charge in [-0.05, 0) is 30.5 Å². The molecule has 0 heterocycles. The fraction of sp³-hybridized carbons (Fsp3) is 0.438. The first kappa shape index (κ1) is 15.9.